The lowest BCUT2D eigenvalue weighted by molar-refractivity contribution is 0.0918. The number of halogens is 1. The highest BCUT2D eigenvalue weighted by atomic mass is 79.9. The largest absolute Gasteiger partial charge is 0.507 e. The number of carbonyl (C=O) groups is 1. The first-order valence-corrected chi connectivity index (χ1v) is 7.37. The smallest absolute Gasteiger partial charge is 0.255 e. The summed E-state index contributed by atoms with van der Waals surface area (Å²) in [7, 11) is 0. The van der Waals surface area contributed by atoms with Gasteiger partial charge in [0.15, 0.2) is 0 Å². The normalized spacial score (nSPS) is 18.0. The van der Waals surface area contributed by atoms with Crippen LogP contribution in [0.2, 0.25) is 0 Å². The van der Waals surface area contributed by atoms with Crippen LogP contribution in [0, 0.1) is 5.92 Å². The second-order valence-corrected chi connectivity index (χ2v) is 5.93. The summed E-state index contributed by atoms with van der Waals surface area (Å²) in [6, 6.07) is 5.04. The third kappa shape index (κ3) is 3.70. The van der Waals surface area contributed by atoms with Gasteiger partial charge in [0.1, 0.15) is 5.75 Å². The van der Waals surface area contributed by atoms with Crippen molar-refractivity contribution in [1.82, 2.24) is 10.6 Å². The molecule has 0 spiro atoms. The van der Waals surface area contributed by atoms with E-state index in [9.17, 15) is 9.90 Å². The van der Waals surface area contributed by atoms with Gasteiger partial charge < -0.3 is 15.7 Å². The number of hydrogen-bond acceptors (Lipinski definition) is 3. The number of hydrogen-bond donors (Lipinski definition) is 3. The molecule has 1 aromatic rings. The van der Waals surface area contributed by atoms with Gasteiger partial charge in [-0.15, -0.1) is 0 Å². The SMILES string of the molecule is CC(NC(=O)c1ccc(Br)cc1O)C1CCNCC1. The summed E-state index contributed by atoms with van der Waals surface area (Å²) in [4.78, 5) is 12.1. The molecular weight excluding hydrogens is 308 g/mol. The van der Waals surface area contributed by atoms with Crippen LogP contribution in [0.3, 0.4) is 0 Å². The van der Waals surface area contributed by atoms with Crippen molar-refractivity contribution in [3.63, 3.8) is 0 Å². The van der Waals surface area contributed by atoms with Crippen molar-refractivity contribution < 1.29 is 9.90 Å². The van der Waals surface area contributed by atoms with Gasteiger partial charge in [0.25, 0.3) is 5.91 Å². The third-order valence-corrected chi connectivity index (χ3v) is 4.15. The monoisotopic (exact) mass is 326 g/mol. The van der Waals surface area contributed by atoms with Gasteiger partial charge in [0, 0.05) is 10.5 Å². The van der Waals surface area contributed by atoms with Crippen LogP contribution < -0.4 is 10.6 Å². The van der Waals surface area contributed by atoms with Crippen molar-refractivity contribution in [3.8, 4) is 5.75 Å². The molecular formula is C14H19BrN2O2. The van der Waals surface area contributed by atoms with Crippen LogP contribution in [0.4, 0.5) is 0 Å². The first-order chi connectivity index (χ1) is 9.08. The third-order valence-electron chi connectivity index (χ3n) is 3.65. The van der Waals surface area contributed by atoms with Crippen molar-refractivity contribution >= 4 is 21.8 Å². The minimum atomic E-state index is -0.212. The number of rotatable bonds is 3. The number of benzene rings is 1. The fourth-order valence-electron chi connectivity index (χ4n) is 2.44. The standard InChI is InChI=1S/C14H19BrN2O2/c1-9(10-4-6-16-7-5-10)17-14(19)12-3-2-11(15)8-13(12)18/h2-3,8-10,16,18H,4-7H2,1H3,(H,17,19). The molecule has 1 amide bonds. The highest BCUT2D eigenvalue weighted by molar-refractivity contribution is 9.10. The first kappa shape index (κ1) is 14.3. The molecule has 1 unspecified atom stereocenters. The Hall–Kier alpha value is -1.07. The van der Waals surface area contributed by atoms with Gasteiger partial charge in [-0.25, -0.2) is 0 Å². The highest BCUT2D eigenvalue weighted by Crippen LogP contribution is 2.23. The quantitative estimate of drug-likeness (QED) is 0.798. The molecule has 3 N–H and O–H groups in total. The van der Waals surface area contributed by atoms with Crippen LogP contribution in [-0.2, 0) is 0 Å². The van der Waals surface area contributed by atoms with Gasteiger partial charge in [-0.3, -0.25) is 4.79 Å². The molecule has 19 heavy (non-hydrogen) atoms. The van der Waals surface area contributed by atoms with E-state index in [-0.39, 0.29) is 17.7 Å². The van der Waals surface area contributed by atoms with Gasteiger partial charge in [0.2, 0.25) is 0 Å². The number of aromatic hydroxyl groups is 1. The van der Waals surface area contributed by atoms with E-state index in [0.717, 1.165) is 30.4 Å². The molecule has 104 valence electrons. The Bertz CT molecular complexity index is 459. The van der Waals surface area contributed by atoms with E-state index in [1.54, 1.807) is 12.1 Å². The molecule has 1 atom stereocenters. The van der Waals surface area contributed by atoms with Crippen LogP contribution in [0.5, 0.6) is 5.75 Å². The zero-order valence-electron chi connectivity index (χ0n) is 10.9. The van der Waals surface area contributed by atoms with Crippen molar-refractivity contribution in [3.05, 3.63) is 28.2 Å². The summed E-state index contributed by atoms with van der Waals surface area (Å²) < 4.78 is 0.757. The molecule has 1 aliphatic rings. The molecule has 1 aromatic carbocycles. The lowest BCUT2D eigenvalue weighted by Gasteiger charge is -2.28. The van der Waals surface area contributed by atoms with Crippen molar-refractivity contribution in [2.24, 2.45) is 5.92 Å². The summed E-state index contributed by atoms with van der Waals surface area (Å²) in [5, 5.41) is 16.1. The Morgan fingerprint density at radius 2 is 2.16 bits per heavy atom. The number of phenolic OH excluding ortho intramolecular Hbond substituents is 1. The maximum atomic E-state index is 12.1. The average Bonchev–Trinajstić information content (AvgIpc) is 2.39. The number of carbonyl (C=O) groups excluding carboxylic acids is 1. The average molecular weight is 327 g/mol. The van der Waals surface area contributed by atoms with Crippen LogP contribution in [0.25, 0.3) is 0 Å². The van der Waals surface area contributed by atoms with Crippen LogP contribution in [0.1, 0.15) is 30.1 Å². The Labute approximate surface area is 121 Å². The van der Waals surface area contributed by atoms with Gasteiger partial charge in [-0.2, -0.15) is 0 Å². The first-order valence-electron chi connectivity index (χ1n) is 6.58. The van der Waals surface area contributed by atoms with E-state index < -0.39 is 0 Å². The van der Waals surface area contributed by atoms with Crippen LogP contribution >= 0.6 is 15.9 Å². The number of phenols is 1. The molecule has 1 saturated heterocycles. The van der Waals surface area contributed by atoms with E-state index >= 15 is 0 Å². The molecule has 1 heterocycles. The van der Waals surface area contributed by atoms with Crippen molar-refractivity contribution in [2.45, 2.75) is 25.8 Å². The minimum absolute atomic E-state index is 0.00406. The van der Waals surface area contributed by atoms with E-state index in [4.69, 9.17) is 0 Å². The number of piperidine rings is 1. The lowest BCUT2D eigenvalue weighted by atomic mass is 9.91. The Kier molecular flexibility index (Phi) is 4.82. The lowest BCUT2D eigenvalue weighted by Crippen LogP contribution is -2.42. The Morgan fingerprint density at radius 3 is 2.79 bits per heavy atom. The zero-order valence-corrected chi connectivity index (χ0v) is 12.5. The molecule has 4 nitrogen and oxygen atoms in total. The molecule has 2 rings (SSSR count). The van der Waals surface area contributed by atoms with Crippen LogP contribution in [0.15, 0.2) is 22.7 Å². The summed E-state index contributed by atoms with van der Waals surface area (Å²) in [5.74, 6) is 0.295. The fraction of sp³-hybridized carbons (Fsp3) is 0.500. The minimum Gasteiger partial charge on any atom is -0.507 e. The van der Waals surface area contributed by atoms with E-state index in [2.05, 4.69) is 26.6 Å². The zero-order chi connectivity index (χ0) is 13.8. The number of amides is 1. The molecule has 0 radical (unpaired) electrons. The fourth-order valence-corrected chi connectivity index (χ4v) is 2.79. The Morgan fingerprint density at radius 1 is 1.47 bits per heavy atom. The van der Waals surface area contributed by atoms with Gasteiger partial charge >= 0.3 is 0 Å². The summed E-state index contributed by atoms with van der Waals surface area (Å²) in [5.41, 5.74) is 0.323. The van der Waals surface area contributed by atoms with E-state index in [0.29, 0.717) is 11.5 Å². The molecule has 1 aliphatic heterocycles. The van der Waals surface area contributed by atoms with Crippen molar-refractivity contribution in [1.29, 1.82) is 0 Å². The highest BCUT2D eigenvalue weighted by Gasteiger charge is 2.22. The molecule has 0 aliphatic carbocycles. The molecule has 5 heteroatoms. The maximum Gasteiger partial charge on any atom is 0.255 e. The maximum absolute atomic E-state index is 12.1. The summed E-state index contributed by atoms with van der Waals surface area (Å²) in [6.45, 7) is 4.05. The summed E-state index contributed by atoms with van der Waals surface area (Å²) in [6.07, 6.45) is 2.15. The molecule has 0 aromatic heterocycles. The summed E-state index contributed by atoms with van der Waals surface area (Å²) >= 11 is 3.26. The topological polar surface area (TPSA) is 61.4 Å². The van der Waals surface area contributed by atoms with Gasteiger partial charge in [0.05, 0.1) is 5.56 Å². The Balaban J connectivity index is 1.99. The molecule has 0 saturated carbocycles. The predicted octanol–water partition coefficient (Wildman–Crippen LogP) is 2.27. The van der Waals surface area contributed by atoms with Crippen molar-refractivity contribution in [2.75, 3.05) is 13.1 Å². The van der Waals surface area contributed by atoms with Crippen LogP contribution in [-0.4, -0.2) is 30.1 Å². The molecule has 0 bridgehead atoms. The van der Waals surface area contributed by atoms with E-state index in [1.807, 2.05) is 6.92 Å². The van der Waals surface area contributed by atoms with Gasteiger partial charge in [-0.05, 0) is 57.0 Å². The van der Waals surface area contributed by atoms with Gasteiger partial charge in [-0.1, -0.05) is 15.9 Å². The number of nitrogens with one attached hydrogen (secondary N) is 2. The second kappa shape index (κ2) is 6.39. The van der Waals surface area contributed by atoms with E-state index in [1.165, 1.54) is 6.07 Å². The second-order valence-electron chi connectivity index (χ2n) is 5.01. The molecule has 1 fully saturated rings. The predicted molar refractivity (Wildman–Crippen MR) is 78.3 cm³/mol.